The van der Waals surface area contributed by atoms with E-state index < -0.39 is 6.43 Å². The molecule has 0 amide bonds. The van der Waals surface area contributed by atoms with Crippen LogP contribution >= 0.6 is 11.3 Å². The molecule has 12 heavy (non-hydrogen) atoms. The van der Waals surface area contributed by atoms with E-state index in [1.165, 1.54) is 6.20 Å². The van der Waals surface area contributed by atoms with Crippen molar-refractivity contribution >= 4 is 11.3 Å². The van der Waals surface area contributed by atoms with Crippen molar-refractivity contribution in [3.05, 3.63) is 16.1 Å². The van der Waals surface area contributed by atoms with Gasteiger partial charge in [-0.2, -0.15) is 0 Å². The topological polar surface area (TPSA) is 38.9 Å². The fraction of sp³-hybridized carbons (Fsp3) is 0.571. The van der Waals surface area contributed by atoms with E-state index in [2.05, 4.69) is 4.98 Å². The lowest BCUT2D eigenvalue weighted by molar-refractivity contribution is 0.155. The van der Waals surface area contributed by atoms with E-state index in [9.17, 15) is 8.78 Å². The van der Waals surface area contributed by atoms with Crippen LogP contribution in [-0.4, -0.2) is 4.98 Å². The van der Waals surface area contributed by atoms with Crippen LogP contribution in [0.3, 0.4) is 0 Å². The Kier molecular flexibility index (Phi) is 1.66. The van der Waals surface area contributed by atoms with Crippen LogP contribution in [0.1, 0.15) is 29.2 Å². The number of thiazole rings is 1. The van der Waals surface area contributed by atoms with E-state index in [4.69, 9.17) is 5.73 Å². The molecule has 66 valence electrons. The number of hydrogen-bond acceptors (Lipinski definition) is 3. The van der Waals surface area contributed by atoms with Crippen LogP contribution < -0.4 is 5.73 Å². The molecule has 0 atom stereocenters. The van der Waals surface area contributed by atoms with Crippen molar-refractivity contribution < 1.29 is 8.78 Å². The predicted molar refractivity (Wildman–Crippen MR) is 42.2 cm³/mol. The second-order valence-corrected chi connectivity index (χ2v) is 4.09. The van der Waals surface area contributed by atoms with Gasteiger partial charge in [-0.05, 0) is 12.8 Å². The summed E-state index contributed by atoms with van der Waals surface area (Å²) in [6.07, 6.45) is 0.530. The Labute approximate surface area is 72.4 Å². The van der Waals surface area contributed by atoms with Gasteiger partial charge in [-0.3, -0.25) is 0 Å². The molecular formula is C7H8F2N2S. The normalized spacial score (nSPS) is 20.0. The summed E-state index contributed by atoms with van der Waals surface area (Å²) in [5, 5.41) is 0.651. The molecule has 1 heterocycles. The van der Waals surface area contributed by atoms with Crippen LogP contribution in [0.5, 0.6) is 0 Å². The van der Waals surface area contributed by atoms with Gasteiger partial charge in [-0.15, -0.1) is 11.3 Å². The van der Waals surface area contributed by atoms with Crippen LogP contribution in [0.15, 0.2) is 6.20 Å². The van der Waals surface area contributed by atoms with Gasteiger partial charge in [0.25, 0.3) is 6.43 Å². The molecule has 2 nitrogen and oxygen atoms in total. The maximum absolute atomic E-state index is 12.1. The monoisotopic (exact) mass is 190 g/mol. The number of hydrogen-bond donors (Lipinski definition) is 1. The zero-order valence-electron chi connectivity index (χ0n) is 6.26. The van der Waals surface area contributed by atoms with E-state index in [1.807, 2.05) is 0 Å². The number of nitrogens with zero attached hydrogens (tertiary/aromatic N) is 1. The second kappa shape index (κ2) is 2.47. The molecule has 0 saturated heterocycles. The zero-order valence-corrected chi connectivity index (χ0v) is 7.07. The third-order valence-corrected chi connectivity index (χ3v) is 3.18. The molecule has 0 unspecified atom stereocenters. The van der Waals surface area contributed by atoms with Gasteiger partial charge in [0.1, 0.15) is 5.01 Å². The molecule has 0 spiro atoms. The van der Waals surface area contributed by atoms with E-state index >= 15 is 0 Å². The van der Waals surface area contributed by atoms with Gasteiger partial charge in [0.05, 0.1) is 10.4 Å². The maximum Gasteiger partial charge on any atom is 0.274 e. The standard InChI is InChI=1S/C7H8F2N2S/c8-5(9)4-3-11-6(12-4)7(10)1-2-7/h3,5H,1-2,10H2. The van der Waals surface area contributed by atoms with E-state index in [0.717, 1.165) is 24.2 Å². The summed E-state index contributed by atoms with van der Waals surface area (Å²) < 4.78 is 24.2. The highest BCUT2D eigenvalue weighted by Crippen LogP contribution is 2.45. The average molecular weight is 190 g/mol. The van der Waals surface area contributed by atoms with Crippen molar-refractivity contribution in [1.82, 2.24) is 4.98 Å². The van der Waals surface area contributed by atoms with Crippen LogP contribution in [0, 0.1) is 0 Å². The van der Waals surface area contributed by atoms with E-state index in [1.54, 1.807) is 0 Å². The molecule has 1 aliphatic rings. The molecule has 1 aromatic rings. The number of nitrogens with two attached hydrogens (primary N) is 1. The van der Waals surface area contributed by atoms with Gasteiger partial charge in [0.2, 0.25) is 0 Å². The first kappa shape index (κ1) is 8.07. The molecule has 2 N–H and O–H groups in total. The second-order valence-electron chi connectivity index (χ2n) is 3.02. The highest BCUT2D eigenvalue weighted by atomic mass is 32.1. The highest BCUT2D eigenvalue weighted by Gasteiger charge is 2.43. The quantitative estimate of drug-likeness (QED) is 0.774. The smallest absolute Gasteiger partial charge is 0.274 e. The minimum absolute atomic E-state index is 0.0155. The van der Waals surface area contributed by atoms with Crippen molar-refractivity contribution in [3.8, 4) is 0 Å². The van der Waals surface area contributed by atoms with Gasteiger partial charge in [-0.25, -0.2) is 13.8 Å². The van der Waals surface area contributed by atoms with Crippen LogP contribution in [0.2, 0.25) is 0 Å². The van der Waals surface area contributed by atoms with Crippen molar-refractivity contribution in [2.24, 2.45) is 5.73 Å². The van der Waals surface area contributed by atoms with Crippen molar-refractivity contribution in [2.45, 2.75) is 24.8 Å². The summed E-state index contributed by atoms with van der Waals surface area (Å²) in [4.78, 5) is 3.90. The average Bonchev–Trinajstić information content (AvgIpc) is 2.61. The largest absolute Gasteiger partial charge is 0.319 e. The SMILES string of the molecule is NC1(c2ncc(C(F)F)s2)CC1. The zero-order chi connectivity index (χ0) is 8.77. The Morgan fingerprint density at radius 1 is 1.58 bits per heavy atom. The third-order valence-electron chi connectivity index (χ3n) is 1.95. The molecule has 1 saturated carbocycles. The summed E-state index contributed by atoms with van der Waals surface area (Å²) in [6.45, 7) is 0. The van der Waals surface area contributed by atoms with Gasteiger partial charge < -0.3 is 5.73 Å². The number of rotatable bonds is 2. The molecule has 0 bridgehead atoms. The van der Waals surface area contributed by atoms with Crippen LogP contribution in [-0.2, 0) is 5.54 Å². The van der Waals surface area contributed by atoms with Crippen molar-refractivity contribution in [2.75, 3.05) is 0 Å². The van der Waals surface area contributed by atoms with E-state index in [-0.39, 0.29) is 10.4 Å². The summed E-state index contributed by atoms with van der Waals surface area (Å²) in [6, 6.07) is 0. The van der Waals surface area contributed by atoms with Gasteiger partial charge >= 0.3 is 0 Å². The minimum Gasteiger partial charge on any atom is -0.319 e. The third kappa shape index (κ3) is 1.23. The van der Waals surface area contributed by atoms with Gasteiger partial charge in [0.15, 0.2) is 0 Å². The van der Waals surface area contributed by atoms with Crippen molar-refractivity contribution in [1.29, 1.82) is 0 Å². The molecular weight excluding hydrogens is 182 g/mol. The lowest BCUT2D eigenvalue weighted by Crippen LogP contribution is -2.17. The Morgan fingerprint density at radius 3 is 2.67 bits per heavy atom. The molecule has 0 aliphatic heterocycles. The first-order valence-electron chi connectivity index (χ1n) is 3.65. The molecule has 0 aromatic carbocycles. The van der Waals surface area contributed by atoms with Gasteiger partial charge in [-0.1, -0.05) is 0 Å². The number of halogens is 2. The highest BCUT2D eigenvalue weighted by molar-refractivity contribution is 7.11. The Bertz CT molecular complexity index is 293. The summed E-state index contributed by atoms with van der Waals surface area (Å²) in [5.74, 6) is 0. The molecule has 2 rings (SSSR count). The fourth-order valence-corrected chi connectivity index (χ4v) is 1.90. The van der Waals surface area contributed by atoms with E-state index in [0.29, 0.717) is 5.01 Å². The number of aromatic nitrogens is 1. The van der Waals surface area contributed by atoms with Gasteiger partial charge in [0, 0.05) is 6.20 Å². The Hall–Kier alpha value is -0.550. The summed E-state index contributed by atoms with van der Waals surface area (Å²) in [7, 11) is 0. The molecule has 1 aromatic heterocycles. The molecule has 5 heteroatoms. The van der Waals surface area contributed by atoms with Crippen LogP contribution in [0.25, 0.3) is 0 Å². The first-order valence-corrected chi connectivity index (χ1v) is 4.47. The first-order chi connectivity index (χ1) is 5.62. The molecule has 1 fully saturated rings. The van der Waals surface area contributed by atoms with Crippen LogP contribution in [0.4, 0.5) is 8.78 Å². The number of alkyl halides is 2. The Morgan fingerprint density at radius 2 is 2.25 bits per heavy atom. The molecule has 1 aliphatic carbocycles. The fourth-order valence-electron chi connectivity index (χ4n) is 0.966. The van der Waals surface area contributed by atoms with Crippen molar-refractivity contribution in [3.63, 3.8) is 0 Å². The summed E-state index contributed by atoms with van der Waals surface area (Å²) >= 11 is 1.02. The Balaban J connectivity index is 2.25. The lowest BCUT2D eigenvalue weighted by atomic mass is 10.3. The maximum atomic E-state index is 12.1. The molecule has 0 radical (unpaired) electrons. The predicted octanol–water partition coefficient (Wildman–Crippen LogP) is 2.03. The minimum atomic E-state index is -2.42. The summed E-state index contributed by atoms with van der Waals surface area (Å²) in [5.41, 5.74) is 5.41. The lowest BCUT2D eigenvalue weighted by Gasteiger charge is -2.00.